The topological polar surface area (TPSA) is 41.4 Å². The molecule has 1 amide bonds. The number of rotatable bonds is 4. The van der Waals surface area contributed by atoms with E-state index in [1.54, 1.807) is 6.20 Å². The highest BCUT2D eigenvalue weighted by atomic mass is 35.5. The number of anilines is 1. The third-order valence-corrected chi connectivity index (χ3v) is 5.56. The quantitative estimate of drug-likeness (QED) is 0.633. The molecule has 0 bridgehead atoms. The maximum absolute atomic E-state index is 13.3. The molecule has 1 aliphatic heterocycles. The van der Waals surface area contributed by atoms with Gasteiger partial charge in [0.05, 0.1) is 23.1 Å². The first-order valence-corrected chi connectivity index (χ1v) is 10.4. The average Bonchev–Trinajstić information content (AvgIpc) is 3.19. The number of halogens is 1. The summed E-state index contributed by atoms with van der Waals surface area (Å²) in [5, 5.41) is 5.18. The molecule has 0 aliphatic carbocycles. The molecule has 2 heterocycles. The van der Waals surface area contributed by atoms with Crippen LogP contribution in [0.15, 0.2) is 60.8 Å². The predicted molar refractivity (Wildman–Crippen MR) is 117 cm³/mol. The van der Waals surface area contributed by atoms with Crippen LogP contribution in [0.3, 0.4) is 0 Å². The molecule has 1 aromatic heterocycles. The molecule has 0 atom stereocenters. The van der Waals surface area contributed by atoms with Crippen LogP contribution in [0.1, 0.15) is 35.8 Å². The number of aromatic nitrogens is 2. The van der Waals surface area contributed by atoms with Crippen LogP contribution in [-0.4, -0.2) is 46.8 Å². The number of para-hydroxylation sites is 1. The number of hydrogen-bond donors (Lipinski definition) is 0. The Labute approximate surface area is 176 Å². The van der Waals surface area contributed by atoms with Gasteiger partial charge in [0.2, 0.25) is 0 Å². The van der Waals surface area contributed by atoms with Crippen LogP contribution in [0.2, 0.25) is 5.02 Å². The van der Waals surface area contributed by atoms with Gasteiger partial charge in [-0.25, -0.2) is 4.68 Å². The van der Waals surface area contributed by atoms with Crippen LogP contribution in [0, 0.1) is 0 Å². The van der Waals surface area contributed by atoms with Gasteiger partial charge in [-0.15, -0.1) is 0 Å². The summed E-state index contributed by atoms with van der Waals surface area (Å²) in [5.41, 5.74) is 3.67. The summed E-state index contributed by atoms with van der Waals surface area (Å²) in [5.74, 6) is 0.204. The van der Waals surface area contributed by atoms with Crippen LogP contribution in [0.5, 0.6) is 0 Å². The van der Waals surface area contributed by atoms with Crippen LogP contribution in [-0.2, 0) is 0 Å². The highest BCUT2D eigenvalue weighted by Crippen LogP contribution is 2.26. The van der Waals surface area contributed by atoms with Gasteiger partial charge in [0.1, 0.15) is 0 Å². The zero-order valence-electron chi connectivity index (χ0n) is 16.8. The van der Waals surface area contributed by atoms with E-state index in [9.17, 15) is 4.79 Å². The minimum atomic E-state index is 0.0506. The molecular formula is C23H25ClN4O. The van der Waals surface area contributed by atoms with Gasteiger partial charge < -0.3 is 9.80 Å². The van der Waals surface area contributed by atoms with E-state index in [1.165, 1.54) is 5.69 Å². The maximum atomic E-state index is 13.3. The maximum Gasteiger partial charge on any atom is 0.257 e. The van der Waals surface area contributed by atoms with Crippen molar-refractivity contribution >= 4 is 23.2 Å². The van der Waals surface area contributed by atoms with Crippen molar-refractivity contribution in [2.45, 2.75) is 19.8 Å². The van der Waals surface area contributed by atoms with Crippen molar-refractivity contribution in [2.75, 3.05) is 31.1 Å². The van der Waals surface area contributed by atoms with E-state index < -0.39 is 0 Å². The molecule has 4 rings (SSSR count). The summed E-state index contributed by atoms with van der Waals surface area (Å²) in [6.45, 7) is 7.23. The van der Waals surface area contributed by atoms with Crippen LogP contribution in [0.4, 0.5) is 5.69 Å². The fraction of sp³-hybridized carbons (Fsp3) is 0.304. The fourth-order valence-corrected chi connectivity index (χ4v) is 4.05. The predicted octanol–water partition coefficient (Wildman–Crippen LogP) is 4.61. The number of piperazine rings is 1. The molecule has 0 radical (unpaired) electrons. The molecule has 1 fully saturated rings. The second kappa shape index (κ2) is 8.29. The standard InChI is InChI=1S/C23H25ClN4O/c1-17(2)22-21(16-25-28(22)20-10-6-7-18(24)15-20)23(29)27-13-11-26(12-14-27)19-8-4-3-5-9-19/h3-10,15-17H,11-14H2,1-2H3. The van der Waals surface area contributed by atoms with E-state index in [4.69, 9.17) is 11.6 Å². The number of amides is 1. The normalized spacial score (nSPS) is 14.5. The van der Waals surface area contributed by atoms with Crippen molar-refractivity contribution in [1.29, 1.82) is 0 Å². The third-order valence-electron chi connectivity index (χ3n) is 5.32. The average molecular weight is 409 g/mol. The van der Waals surface area contributed by atoms with E-state index in [0.29, 0.717) is 23.7 Å². The zero-order valence-corrected chi connectivity index (χ0v) is 17.5. The molecule has 1 aliphatic rings. The van der Waals surface area contributed by atoms with E-state index in [2.05, 4.69) is 36.0 Å². The SMILES string of the molecule is CC(C)c1c(C(=O)N2CCN(c3ccccc3)CC2)cnn1-c1cccc(Cl)c1. The monoisotopic (exact) mass is 408 g/mol. The summed E-state index contributed by atoms with van der Waals surface area (Å²) in [6, 6.07) is 17.9. The number of benzene rings is 2. The van der Waals surface area contributed by atoms with Crippen molar-refractivity contribution in [3.05, 3.63) is 77.1 Å². The largest absolute Gasteiger partial charge is 0.368 e. The van der Waals surface area contributed by atoms with Crippen molar-refractivity contribution in [1.82, 2.24) is 14.7 Å². The summed E-state index contributed by atoms with van der Waals surface area (Å²) in [7, 11) is 0. The molecule has 0 spiro atoms. The van der Waals surface area contributed by atoms with Crippen molar-refractivity contribution in [3.63, 3.8) is 0 Å². The Balaban J connectivity index is 1.55. The molecule has 0 saturated carbocycles. The lowest BCUT2D eigenvalue weighted by Crippen LogP contribution is -2.49. The Bertz CT molecular complexity index is 991. The molecule has 1 saturated heterocycles. The Morgan fingerprint density at radius 1 is 0.966 bits per heavy atom. The number of carbonyl (C=O) groups excluding carboxylic acids is 1. The van der Waals surface area contributed by atoms with Crippen molar-refractivity contribution in [2.24, 2.45) is 0 Å². The van der Waals surface area contributed by atoms with Gasteiger partial charge in [0, 0.05) is 36.9 Å². The Hall–Kier alpha value is -2.79. The Morgan fingerprint density at radius 2 is 1.66 bits per heavy atom. The summed E-state index contributed by atoms with van der Waals surface area (Å²) >= 11 is 6.16. The van der Waals surface area contributed by atoms with Crippen LogP contribution < -0.4 is 4.90 Å². The lowest BCUT2D eigenvalue weighted by atomic mass is 10.0. The number of carbonyl (C=O) groups is 1. The molecule has 5 nitrogen and oxygen atoms in total. The Kier molecular flexibility index (Phi) is 5.58. The van der Waals surface area contributed by atoms with Gasteiger partial charge in [-0.05, 0) is 36.2 Å². The number of hydrogen-bond acceptors (Lipinski definition) is 3. The fourth-order valence-electron chi connectivity index (χ4n) is 3.87. The van der Waals surface area contributed by atoms with E-state index >= 15 is 0 Å². The van der Waals surface area contributed by atoms with Gasteiger partial charge in [0.15, 0.2) is 0 Å². The second-order valence-corrected chi connectivity index (χ2v) is 8.04. The molecule has 6 heteroatoms. The lowest BCUT2D eigenvalue weighted by molar-refractivity contribution is 0.0745. The molecule has 0 N–H and O–H groups in total. The summed E-state index contributed by atoms with van der Waals surface area (Å²) in [4.78, 5) is 17.6. The van der Waals surface area contributed by atoms with Gasteiger partial charge in [-0.3, -0.25) is 4.79 Å². The van der Waals surface area contributed by atoms with Gasteiger partial charge in [-0.2, -0.15) is 5.10 Å². The molecule has 29 heavy (non-hydrogen) atoms. The number of nitrogens with zero attached hydrogens (tertiary/aromatic N) is 4. The van der Waals surface area contributed by atoms with E-state index in [-0.39, 0.29) is 11.8 Å². The van der Waals surface area contributed by atoms with Gasteiger partial charge in [-0.1, -0.05) is 49.7 Å². The summed E-state index contributed by atoms with van der Waals surface area (Å²) < 4.78 is 1.84. The first-order valence-electron chi connectivity index (χ1n) is 9.97. The molecule has 0 unspecified atom stereocenters. The molecule has 2 aromatic carbocycles. The van der Waals surface area contributed by atoms with Crippen molar-refractivity contribution < 1.29 is 4.79 Å². The third kappa shape index (κ3) is 4.01. The highest BCUT2D eigenvalue weighted by molar-refractivity contribution is 6.30. The molecular weight excluding hydrogens is 384 g/mol. The first kappa shape index (κ1) is 19.5. The van der Waals surface area contributed by atoms with Gasteiger partial charge >= 0.3 is 0 Å². The van der Waals surface area contributed by atoms with E-state index in [0.717, 1.165) is 24.5 Å². The first-order chi connectivity index (χ1) is 14.0. The van der Waals surface area contributed by atoms with Crippen LogP contribution >= 0.6 is 11.6 Å². The van der Waals surface area contributed by atoms with Crippen molar-refractivity contribution in [3.8, 4) is 5.69 Å². The van der Waals surface area contributed by atoms with Crippen LogP contribution in [0.25, 0.3) is 5.69 Å². The highest BCUT2D eigenvalue weighted by Gasteiger charge is 2.27. The smallest absolute Gasteiger partial charge is 0.257 e. The lowest BCUT2D eigenvalue weighted by Gasteiger charge is -2.36. The minimum absolute atomic E-state index is 0.0506. The molecule has 150 valence electrons. The Morgan fingerprint density at radius 3 is 2.31 bits per heavy atom. The molecule has 3 aromatic rings. The minimum Gasteiger partial charge on any atom is -0.368 e. The van der Waals surface area contributed by atoms with Gasteiger partial charge in [0.25, 0.3) is 5.91 Å². The summed E-state index contributed by atoms with van der Waals surface area (Å²) in [6.07, 6.45) is 1.70. The zero-order chi connectivity index (χ0) is 20.4. The second-order valence-electron chi connectivity index (χ2n) is 7.60. The van der Waals surface area contributed by atoms with E-state index in [1.807, 2.05) is 52.0 Å².